The van der Waals surface area contributed by atoms with E-state index < -0.39 is 0 Å². The molecule has 84 valence electrons. The van der Waals surface area contributed by atoms with Gasteiger partial charge >= 0.3 is 0 Å². The molecule has 1 saturated heterocycles. The maximum atomic E-state index is 8.97. The number of imidazole rings is 1. The van der Waals surface area contributed by atoms with Gasteiger partial charge in [0, 0.05) is 33.2 Å². The second kappa shape index (κ2) is 4.30. The molecule has 0 atom stereocenters. The predicted molar refractivity (Wildman–Crippen MR) is 53.3 cm³/mol. The molecule has 15 heavy (non-hydrogen) atoms. The third-order valence-electron chi connectivity index (χ3n) is 2.92. The molecule has 2 heterocycles. The third-order valence-corrected chi connectivity index (χ3v) is 2.92. The molecule has 5 heteroatoms. The van der Waals surface area contributed by atoms with Gasteiger partial charge in [-0.2, -0.15) is 0 Å². The van der Waals surface area contributed by atoms with Crippen LogP contribution >= 0.6 is 0 Å². The molecule has 0 bridgehead atoms. The zero-order valence-corrected chi connectivity index (χ0v) is 8.82. The van der Waals surface area contributed by atoms with Gasteiger partial charge in [0.15, 0.2) is 0 Å². The van der Waals surface area contributed by atoms with E-state index in [1.165, 1.54) is 0 Å². The molecule has 1 aromatic heterocycles. The monoisotopic (exact) mass is 212 g/mol. The van der Waals surface area contributed by atoms with Gasteiger partial charge in [-0.3, -0.25) is 0 Å². The van der Waals surface area contributed by atoms with E-state index in [-0.39, 0.29) is 12.2 Å². The summed E-state index contributed by atoms with van der Waals surface area (Å²) in [6, 6.07) is 0. The van der Waals surface area contributed by atoms with E-state index in [9.17, 15) is 0 Å². The van der Waals surface area contributed by atoms with E-state index in [2.05, 4.69) is 9.97 Å². The van der Waals surface area contributed by atoms with Crippen molar-refractivity contribution < 1.29 is 14.6 Å². The Hall–Kier alpha value is -0.910. The molecule has 0 saturated carbocycles. The molecule has 0 aromatic carbocycles. The lowest BCUT2D eigenvalue weighted by Crippen LogP contribution is -2.36. The summed E-state index contributed by atoms with van der Waals surface area (Å²) in [6.07, 6.45) is 3.23. The van der Waals surface area contributed by atoms with Crippen LogP contribution in [0.15, 0.2) is 6.20 Å². The van der Waals surface area contributed by atoms with Crippen LogP contribution in [0.1, 0.15) is 24.4 Å². The number of aromatic amines is 1. The SMILES string of the molecule is COC1(c2ncc(CO)[nH]2)CCOCC1. The second-order valence-corrected chi connectivity index (χ2v) is 3.73. The van der Waals surface area contributed by atoms with Crippen molar-refractivity contribution in [3.63, 3.8) is 0 Å². The van der Waals surface area contributed by atoms with Crippen LogP contribution in [0, 0.1) is 0 Å². The molecule has 5 nitrogen and oxygen atoms in total. The van der Waals surface area contributed by atoms with Gasteiger partial charge in [0.25, 0.3) is 0 Å². The molecular weight excluding hydrogens is 196 g/mol. The summed E-state index contributed by atoms with van der Waals surface area (Å²) in [5, 5.41) is 8.97. The average molecular weight is 212 g/mol. The zero-order valence-electron chi connectivity index (χ0n) is 8.82. The standard InChI is InChI=1S/C10H16N2O3/c1-14-10(2-4-15-5-3-10)9-11-6-8(7-13)12-9/h6,13H,2-5,7H2,1H3,(H,11,12). The molecule has 1 fully saturated rings. The van der Waals surface area contributed by atoms with E-state index in [1.54, 1.807) is 13.3 Å². The number of ether oxygens (including phenoxy) is 2. The topological polar surface area (TPSA) is 67.4 Å². The first-order valence-electron chi connectivity index (χ1n) is 5.09. The van der Waals surface area contributed by atoms with Gasteiger partial charge in [0.2, 0.25) is 0 Å². The normalized spacial score (nSPS) is 20.4. The van der Waals surface area contributed by atoms with E-state index in [0.717, 1.165) is 18.7 Å². The number of aliphatic hydroxyl groups excluding tert-OH is 1. The lowest BCUT2D eigenvalue weighted by atomic mass is 9.93. The Kier molecular flexibility index (Phi) is 3.04. The Morgan fingerprint density at radius 2 is 2.33 bits per heavy atom. The van der Waals surface area contributed by atoms with Crippen molar-refractivity contribution in [1.29, 1.82) is 0 Å². The summed E-state index contributed by atoms with van der Waals surface area (Å²) in [6.45, 7) is 1.34. The highest BCUT2D eigenvalue weighted by Gasteiger charge is 2.37. The molecule has 1 aromatic rings. The minimum absolute atomic E-state index is 0.0245. The van der Waals surface area contributed by atoms with Crippen molar-refractivity contribution in [2.24, 2.45) is 0 Å². The zero-order chi connectivity index (χ0) is 10.7. The van der Waals surface area contributed by atoms with E-state index >= 15 is 0 Å². The van der Waals surface area contributed by atoms with Gasteiger partial charge < -0.3 is 19.6 Å². The lowest BCUT2D eigenvalue weighted by Gasteiger charge is -2.33. The molecule has 0 spiro atoms. The van der Waals surface area contributed by atoms with Crippen molar-refractivity contribution in [3.05, 3.63) is 17.7 Å². The first kappa shape index (κ1) is 10.6. The highest BCUT2D eigenvalue weighted by molar-refractivity contribution is 5.09. The number of hydrogen-bond acceptors (Lipinski definition) is 4. The number of nitrogens with one attached hydrogen (secondary N) is 1. The number of nitrogens with zero attached hydrogens (tertiary/aromatic N) is 1. The summed E-state index contributed by atoms with van der Waals surface area (Å²) < 4.78 is 10.9. The number of aliphatic hydroxyl groups is 1. The first-order valence-corrected chi connectivity index (χ1v) is 5.09. The molecule has 2 rings (SSSR count). The smallest absolute Gasteiger partial charge is 0.138 e. The number of aromatic nitrogens is 2. The van der Waals surface area contributed by atoms with Gasteiger partial charge in [0.05, 0.1) is 18.5 Å². The third kappa shape index (κ3) is 1.90. The summed E-state index contributed by atoms with van der Waals surface area (Å²) >= 11 is 0. The van der Waals surface area contributed by atoms with Crippen molar-refractivity contribution in [3.8, 4) is 0 Å². The molecule has 0 aliphatic carbocycles. The molecule has 0 amide bonds. The summed E-state index contributed by atoms with van der Waals surface area (Å²) in [5.41, 5.74) is 0.346. The number of methoxy groups -OCH3 is 1. The Labute approximate surface area is 88.4 Å². The van der Waals surface area contributed by atoms with Crippen molar-refractivity contribution >= 4 is 0 Å². The number of H-pyrrole nitrogens is 1. The minimum atomic E-state index is -0.369. The van der Waals surface area contributed by atoms with Crippen LogP contribution in [-0.2, 0) is 21.7 Å². The maximum absolute atomic E-state index is 8.97. The average Bonchev–Trinajstić information content (AvgIpc) is 2.79. The fraction of sp³-hybridized carbons (Fsp3) is 0.700. The van der Waals surface area contributed by atoms with E-state index in [4.69, 9.17) is 14.6 Å². The van der Waals surface area contributed by atoms with Crippen molar-refractivity contribution in [2.45, 2.75) is 25.0 Å². The van der Waals surface area contributed by atoms with Crippen LogP contribution in [0.3, 0.4) is 0 Å². The van der Waals surface area contributed by atoms with Gasteiger partial charge in [0.1, 0.15) is 11.4 Å². The predicted octanol–water partition coefficient (Wildman–Crippen LogP) is 0.554. The minimum Gasteiger partial charge on any atom is -0.390 e. The number of hydrogen-bond donors (Lipinski definition) is 2. The Morgan fingerprint density at radius 1 is 1.60 bits per heavy atom. The Bertz CT molecular complexity index is 318. The second-order valence-electron chi connectivity index (χ2n) is 3.73. The molecule has 1 aliphatic rings. The van der Waals surface area contributed by atoms with Gasteiger partial charge in [-0.1, -0.05) is 0 Å². The van der Waals surface area contributed by atoms with Crippen LogP contribution in [0.4, 0.5) is 0 Å². The van der Waals surface area contributed by atoms with Crippen LogP contribution in [0.25, 0.3) is 0 Å². The Morgan fingerprint density at radius 3 is 2.87 bits per heavy atom. The lowest BCUT2D eigenvalue weighted by molar-refractivity contribution is -0.0996. The highest BCUT2D eigenvalue weighted by atomic mass is 16.5. The van der Waals surface area contributed by atoms with Gasteiger partial charge in [-0.25, -0.2) is 4.98 Å². The molecule has 1 aliphatic heterocycles. The molecule has 0 radical (unpaired) electrons. The fourth-order valence-corrected chi connectivity index (χ4v) is 1.91. The quantitative estimate of drug-likeness (QED) is 0.768. The highest BCUT2D eigenvalue weighted by Crippen LogP contribution is 2.33. The van der Waals surface area contributed by atoms with Gasteiger partial charge in [-0.15, -0.1) is 0 Å². The van der Waals surface area contributed by atoms with Crippen LogP contribution < -0.4 is 0 Å². The van der Waals surface area contributed by atoms with E-state index in [1.807, 2.05) is 0 Å². The van der Waals surface area contributed by atoms with Crippen LogP contribution in [0.5, 0.6) is 0 Å². The molecule has 2 N–H and O–H groups in total. The summed E-state index contributed by atoms with van der Waals surface area (Å²) in [5.74, 6) is 0.789. The maximum Gasteiger partial charge on any atom is 0.138 e. The largest absolute Gasteiger partial charge is 0.390 e. The molecular formula is C10H16N2O3. The van der Waals surface area contributed by atoms with E-state index in [0.29, 0.717) is 18.9 Å². The summed E-state index contributed by atoms with van der Waals surface area (Å²) in [7, 11) is 1.69. The Balaban J connectivity index is 2.24. The first-order chi connectivity index (χ1) is 7.30. The van der Waals surface area contributed by atoms with Crippen LogP contribution in [0.2, 0.25) is 0 Å². The summed E-state index contributed by atoms with van der Waals surface area (Å²) in [4.78, 5) is 7.34. The van der Waals surface area contributed by atoms with Crippen LogP contribution in [-0.4, -0.2) is 35.4 Å². The number of rotatable bonds is 3. The van der Waals surface area contributed by atoms with Gasteiger partial charge in [-0.05, 0) is 0 Å². The molecule has 0 unspecified atom stereocenters. The van der Waals surface area contributed by atoms with Crippen molar-refractivity contribution in [1.82, 2.24) is 9.97 Å². The fourth-order valence-electron chi connectivity index (χ4n) is 1.91. The van der Waals surface area contributed by atoms with Crippen molar-refractivity contribution in [2.75, 3.05) is 20.3 Å².